The van der Waals surface area contributed by atoms with Crippen LogP contribution in [-0.2, 0) is 10.0 Å². The molecule has 1 saturated carbocycles. The molecule has 0 saturated heterocycles. The maximum absolute atomic E-state index is 12.5. The van der Waals surface area contributed by atoms with Crippen molar-refractivity contribution in [1.29, 1.82) is 0 Å². The molecule has 116 valence electrons. The van der Waals surface area contributed by atoms with E-state index in [1.165, 1.54) is 19.2 Å². The fourth-order valence-electron chi connectivity index (χ4n) is 2.60. The largest absolute Gasteiger partial charge is 0.495 e. The van der Waals surface area contributed by atoms with Gasteiger partial charge in [0, 0.05) is 6.04 Å². The minimum Gasteiger partial charge on any atom is -0.495 e. The highest BCUT2D eigenvalue weighted by Crippen LogP contribution is 2.29. The molecule has 1 fully saturated rings. The molecule has 7 heteroatoms. The van der Waals surface area contributed by atoms with Gasteiger partial charge in [0.05, 0.1) is 12.7 Å². The first kappa shape index (κ1) is 15.8. The summed E-state index contributed by atoms with van der Waals surface area (Å²) in [5.74, 6) is -0.769. The third-order valence-corrected chi connectivity index (χ3v) is 5.38. The Hall–Kier alpha value is -1.60. The number of hydrogen-bond donors (Lipinski definition) is 2. The van der Waals surface area contributed by atoms with Crippen molar-refractivity contribution in [2.24, 2.45) is 5.92 Å². The number of aromatic carboxylic acids is 1. The number of sulfonamides is 1. The van der Waals surface area contributed by atoms with Crippen molar-refractivity contribution in [1.82, 2.24) is 4.72 Å². The van der Waals surface area contributed by atoms with Crippen LogP contribution in [0.25, 0.3) is 0 Å². The first-order valence-corrected chi connectivity index (χ1v) is 8.27. The summed E-state index contributed by atoms with van der Waals surface area (Å²) in [4.78, 5) is 10.9. The van der Waals surface area contributed by atoms with E-state index < -0.39 is 16.0 Å². The normalized spacial score (nSPS) is 22.2. The predicted molar refractivity (Wildman–Crippen MR) is 77.1 cm³/mol. The van der Waals surface area contributed by atoms with Crippen molar-refractivity contribution >= 4 is 16.0 Å². The lowest BCUT2D eigenvalue weighted by Crippen LogP contribution is -2.36. The van der Waals surface area contributed by atoms with Gasteiger partial charge in [-0.2, -0.15) is 0 Å². The van der Waals surface area contributed by atoms with Crippen LogP contribution in [0.4, 0.5) is 0 Å². The van der Waals surface area contributed by atoms with E-state index in [-0.39, 0.29) is 28.2 Å². The molecular weight excluding hydrogens is 294 g/mol. The van der Waals surface area contributed by atoms with E-state index in [1.54, 1.807) is 0 Å². The molecule has 2 atom stereocenters. The number of rotatable bonds is 5. The van der Waals surface area contributed by atoms with Gasteiger partial charge in [0.2, 0.25) is 10.0 Å². The summed E-state index contributed by atoms with van der Waals surface area (Å²) in [7, 11) is -2.46. The third kappa shape index (κ3) is 3.36. The van der Waals surface area contributed by atoms with E-state index in [2.05, 4.69) is 4.72 Å². The Morgan fingerprint density at radius 1 is 1.38 bits per heavy atom. The molecule has 0 heterocycles. The van der Waals surface area contributed by atoms with Gasteiger partial charge in [-0.05, 0) is 37.0 Å². The highest BCUT2D eigenvalue weighted by Gasteiger charge is 2.30. The Morgan fingerprint density at radius 2 is 2.10 bits per heavy atom. The van der Waals surface area contributed by atoms with Gasteiger partial charge >= 0.3 is 5.97 Å². The van der Waals surface area contributed by atoms with Crippen molar-refractivity contribution in [2.75, 3.05) is 7.11 Å². The summed E-state index contributed by atoms with van der Waals surface area (Å²) in [6, 6.07) is 3.69. The van der Waals surface area contributed by atoms with Crippen molar-refractivity contribution in [2.45, 2.75) is 37.1 Å². The number of methoxy groups -OCH3 is 1. The average molecular weight is 313 g/mol. The Balaban J connectivity index is 2.38. The molecule has 2 N–H and O–H groups in total. The zero-order chi connectivity index (χ0) is 15.6. The van der Waals surface area contributed by atoms with Gasteiger partial charge in [0.25, 0.3) is 0 Å². The second-order valence-corrected chi connectivity index (χ2v) is 6.99. The number of benzene rings is 1. The van der Waals surface area contributed by atoms with Crippen LogP contribution in [0.2, 0.25) is 0 Å². The van der Waals surface area contributed by atoms with E-state index in [0.29, 0.717) is 0 Å². The second kappa shape index (κ2) is 6.03. The van der Waals surface area contributed by atoms with Crippen LogP contribution in [-0.4, -0.2) is 32.6 Å². The standard InChI is InChI=1S/C14H19NO5S/c1-9-4-3-5-11(9)15-21(18,19)13-8-10(14(16)17)6-7-12(13)20-2/h6-9,11,15H,3-5H2,1-2H3,(H,16,17). The summed E-state index contributed by atoms with van der Waals surface area (Å²) < 4.78 is 32.7. The molecule has 0 aliphatic heterocycles. The first-order chi connectivity index (χ1) is 9.85. The maximum Gasteiger partial charge on any atom is 0.335 e. The Bertz CT molecular complexity index is 641. The molecule has 21 heavy (non-hydrogen) atoms. The number of nitrogens with one attached hydrogen (secondary N) is 1. The minimum atomic E-state index is -3.81. The third-order valence-electron chi connectivity index (χ3n) is 3.87. The van der Waals surface area contributed by atoms with Crippen molar-refractivity contribution in [3.05, 3.63) is 23.8 Å². The van der Waals surface area contributed by atoms with Gasteiger partial charge in [0.15, 0.2) is 0 Å². The van der Waals surface area contributed by atoms with Gasteiger partial charge in [-0.3, -0.25) is 0 Å². The van der Waals surface area contributed by atoms with Crippen molar-refractivity contribution in [3.63, 3.8) is 0 Å². The van der Waals surface area contributed by atoms with Crippen LogP contribution >= 0.6 is 0 Å². The van der Waals surface area contributed by atoms with Gasteiger partial charge in [0.1, 0.15) is 10.6 Å². The van der Waals surface area contributed by atoms with Crippen LogP contribution in [0.5, 0.6) is 5.75 Å². The smallest absolute Gasteiger partial charge is 0.335 e. The SMILES string of the molecule is COc1ccc(C(=O)O)cc1S(=O)(=O)NC1CCCC1C. The fraction of sp³-hybridized carbons (Fsp3) is 0.500. The lowest BCUT2D eigenvalue weighted by Gasteiger charge is -2.18. The first-order valence-electron chi connectivity index (χ1n) is 6.79. The zero-order valence-corrected chi connectivity index (χ0v) is 12.8. The number of ether oxygens (including phenoxy) is 1. The quantitative estimate of drug-likeness (QED) is 0.865. The molecule has 2 unspecified atom stereocenters. The van der Waals surface area contributed by atoms with Gasteiger partial charge in [-0.1, -0.05) is 13.3 Å². The lowest BCUT2D eigenvalue weighted by molar-refractivity contribution is 0.0696. The van der Waals surface area contributed by atoms with Crippen molar-refractivity contribution in [3.8, 4) is 5.75 Å². The van der Waals surface area contributed by atoms with Crippen molar-refractivity contribution < 1.29 is 23.1 Å². The molecule has 0 amide bonds. The molecule has 1 aromatic carbocycles. The molecule has 2 rings (SSSR count). The van der Waals surface area contributed by atoms with Gasteiger partial charge < -0.3 is 9.84 Å². The fourth-order valence-corrected chi connectivity index (χ4v) is 4.18. The van der Waals surface area contributed by atoms with Crippen LogP contribution in [0.3, 0.4) is 0 Å². The highest BCUT2D eigenvalue weighted by atomic mass is 32.2. The van der Waals surface area contributed by atoms with Crippen LogP contribution < -0.4 is 9.46 Å². The van der Waals surface area contributed by atoms with Gasteiger partial charge in [-0.15, -0.1) is 0 Å². The van der Waals surface area contributed by atoms with E-state index in [0.717, 1.165) is 25.3 Å². The molecule has 0 radical (unpaired) electrons. The Labute approximate surface area is 124 Å². The monoisotopic (exact) mass is 313 g/mol. The highest BCUT2D eigenvalue weighted by molar-refractivity contribution is 7.89. The lowest BCUT2D eigenvalue weighted by atomic mass is 10.1. The molecule has 1 aliphatic carbocycles. The summed E-state index contributed by atoms with van der Waals surface area (Å²) in [6.07, 6.45) is 2.77. The number of carbonyl (C=O) groups is 1. The Kier molecular flexibility index (Phi) is 4.53. The maximum atomic E-state index is 12.5. The molecular formula is C14H19NO5S. The average Bonchev–Trinajstić information content (AvgIpc) is 2.82. The van der Waals surface area contributed by atoms with E-state index in [4.69, 9.17) is 9.84 Å². The van der Waals surface area contributed by atoms with E-state index >= 15 is 0 Å². The molecule has 0 bridgehead atoms. The molecule has 1 aliphatic rings. The molecule has 0 aromatic heterocycles. The second-order valence-electron chi connectivity index (χ2n) is 5.31. The van der Waals surface area contributed by atoms with E-state index in [1.807, 2.05) is 6.92 Å². The number of carboxylic acid groups (broad SMARTS) is 1. The van der Waals surface area contributed by atoms with Crippen LogP contribution in [0.15, 0.2) is 23.1 Å². The zero-order valence-electron chi connectivity index (χ0n) is 12.0. The summed E-state index contributed by atoms with van der Waals surface area (Å²) in [6.45, 7) is 2.01. The molecule has 6 nitrogen and oxygen atoms in total. The summed E-state index contributed by atoms with van der Waals surface area (Å²) in [5.41, 5.74) is -0.0874. The van der Waals surface area contributed by atoms with Gasteiger partial charge in [-0.25, -0.2) is 17.9 Å². The minimum absolute atomic E-state index is 0.0874. The number of carboxylic acids is 1. The van der Waals surface area contributed by atoms with E-state index in [9.17, 15) is 13.2 Å². The molecule has 0 spiro atoms. The summed E-state index contributed by atoms with van der Waals surface area (Å²) >= 11 is 0. The van der Waals surface area contributed by atoms with Crippen LogP contribution in [0, 0.1) is 5.92 Å². The topological polar surface area (TPSA) is 92.7 Å². The molecule has 1 aromatic rings. The summed E-state index contributed by atoms with van der Waals surface area (Å²) in [5, 5.41) is 9.01. The Morgan fingerprint density at radius 3 is 2.62 bits per heavy atom. The number of hydrogen-bond acceptors (Lipinski definition) is 4. The van der Waals surface area contributed by atoms with Crippen LogP contribution in [0.1, 0.15) is 36.5 Å². The predicted octanol–water partition coefficient (Wildman–Crippen LogP) is 1.86.